The molecule has 6 saturated carbocycles. The number of hydrogen-bond donors (Lipinski definition) is 4. The van der Waals surface area contributed by atoms with Crippen molar-refractivity contribution in [1.82, 2.24) is 30.5 Å². The lowest BCUT2D eigenvalue weighted by Crippen LogP contribution is -2.65. The predicted molar refractivity (Wildman–Crippen MR) is 203 cm³/mol. The van der Waals surface area contributed by atoms with Crippen LogP contribution < -0.4 is 21.3 Å². The van der Waals surface area contributed by atoms with Crippen molar-refractivity contribution in [2.75, 3.05) is 19.3 Å². The van der Waals surface area contributed by atoms with E-state index >= 15 is 0 Å². The summed E-state index contributed by atoms with van der Waals surface area (Å²) in [5, 5.41) is 11.9. The molecule has 0 unspecified atom stereocenters. The molecule has 0 aromatic carbocycles. The van der Waals surface area contributed by atoms with Gasteiger partial charge in [-0.25, -0.2) is 17.5 Å². The van der Waals surface area contributed by atoms with Gasteiger partial charge in [-0.3, -0.25) is 19.2 Å². The van der Waals surface area contributed by atoms with Crippen molar-refractivity contribution in [1.29, 1.82) is 0 Å². The standard InChI is InChI=1S/C40H64N6O7S/c1-38(2)28-23-46(31(30(28)38)34(48)42-29(22-25-14-15-25)32(47)35(49)41-26-16-17-26)36(50)33(39(3)18-7-5-8-19-39)43-37(51)44-40(20-9-6-10-21-40)24-54(52,53)45(4)27-12-11-13-27/h25-31,33H,5-24H2,1-4H3,(H,41,49)(H,42,48)(H2,43,44,51)/t28-,29-,30-,31-,33+/m0/s1. The molecule has 1 saturated heterocycles. The number of likely N-dealkylation sites (tertiary alicyclic amines) is 1. The van der Waals surface area contributed by atoms with Crippen molar-refractivity contribution < 1.29 is 32.4 Å². The van der Waals surface area contributed by atoms with E-state index in [1.54, 1.807) is 11.9 Å². The van der Waals surface area contributed by atoms with E-state index in [0.29, 0.717) is 25.8 Å². The fourth-order valence-corrected chi connectivity index (χ4v) is 12.3. The molecule has 6 aliphatic carbocycles. The van der Waals surface area contributed by atoms with E-state index in [1.165, 1.54) is 4.31 Å². The van der Waals surface area contributed by atoms with Gasteiger partial charge in [-0.15, -0.1) is 0 Å². The summed E-state index contributed by atoms with van der Waals surface area (Å²) >= 11 is 0. The van der Waals surface area contributed by atoms with E-state index in [0.717, 1.165) is 96.3 Å². The van der Waals surface area contributed by atoms with Gasteiger partial charge in [0.15, 0.2) is 0 Å². The number of ketones is 1. The molecule has 14 heteroatoms. The molecule has 0 radical (unpaired) electrons. The van der Waals surface area contributed by atoms with Gasteiger partial charge in [-0.1, -0.05) is 78.6 Å². The van der Waals surface area contributed by atoms with Crippen LogP contribution in [0.3, 0.4) is 0 Å². The summed E-state index contributed by atoms with van der Waals surface area (Å²) in [7, 11) is -2.00. The van der Waals surface area contributed by atoms with Crippen molar-refractivity contribution in [3.63, 3.8) is 0 Å². The van der Waals surface area contributed by atoms with Gasteiger partial charge in [0, 0.05) is 25.7 Å². The summed E-state index contributed by atoms with van der Waals surface area (Å²) in [6, 6.07) is -3.26. The van der Waals surface area contributed by atoms with Crippen LogP contribution in [0, 0.1) is 28.6 Å². The van der Waals surface area contributed by atoms with Gasteiger partial charge in [0.25, 0.3) is 5.91 Å². The number of nitrogens with one attached hydrogen (secondary N) is 4. The van der Waals surface area contributed by atoms with Crippen LogP contribution >= 0.6 is 0 Å². The van der Waals surface area contributed by atoms with E-state index in [1.807, 2.05) is 6.92 Å². The van der Waals surface area contributed by atoms with Gasteiger partial charge in [-0.05, 0) is 86.4 Å². The molecule has 1 heterocycles. The molecule has 4 N–H and O–H groups in total. The highest BCUT2D eigenvalue weighted by Gasteiger charge is 2.70. The Morgan fingerprint density at radius 2 is 1.44 bits per heavy atom. The van der Waals surface area contributed by atoms with Gasteiger partial charge in [-0.2, -0.15) is 0 Å². The molecule has 5 atom stereocenters. The van der Waals surface area contributed by atoms with E-state index in [4.69, 9.17) is 0 Å². The molecular formula is C40H64N6O7S. The molecule has 0 aromatic heterocycles. The number of nitrogens with zero attached hydrogens (tertiary/aromatic N) is 2. The molecule has 7 aliphatic rings. The average Bonchev–Trinajstić information content (AvgIpc) is 4.06. The predicted octanol–water partition coefficient (Wildman–Crippen LogP) is 3.76. The number of urea groups is 1. The highest BCUT2D eigenvalue weighted by atomic mass is 32.2. The smallest absolute Gasteiger partial charge is 0.315 e. The zero-order valence-corrected chi connectivity index (χ0v) is 33.7. The molecule has 0 spiro atoms. The van der Waals surface area contributed by atoms with Crippen LogP contribution in [-0.2, 0) is 29.2 Å². The second kappa shape index (κ2) is 15.0. The number of carbonyl (C=O) groups is 5. The minimum Gasteiger partial charge on any atom is -0.347 e. The number of piperidine rings is 1. The number of hydrogen-bond acceptors (Lipinski definition) is 7. The number of carbonyl (C=O) groups excluding carboxylic acids is 5. The van der Waals surface area contributed by atoms with Crippen LogP contribution in [0.15, 0.2) is 0 Å². The van der Waals surface area contributed by atoms with Crippen LogP contribution in [0.2, 0.25) is 0 Å². The Labute approximate surface area is 321 Å². The summed E-state index contributed by atoms with van der Waals surface area (Å²) in [4.78, 5) is 71.5. The zero-order chi connectivity index (χ0) is 38.6. The average molecular weight is 773 g/mol. The van der Waals surface area contributed by atoms with E-state index in [-0.39, 0.29) is 46.9 Å². The third kappa shape index (κ3) is 8.20. The SMILES string of the molecule is CN(C1CCC1)S(=O)(=O)CC1(NC(=O)N[C@H](C(=O)N2C[C@H]3[C@@H]([C@H]2C(=O)N[C@@H](CC2CC2)C(=O)C(=O)NC2CC2)C3(C)C)C2(C)CCCCC2)CCCCC1. The first-order chi connectivity index (χ1) is 25.5. The van der Waals surface area contributed by atoms with Crippen molar-refractivity contribution >= 4 is 39.6 Å². The quantitative estimate of drug-likeness (QED) is 0.184. The van der Waals surface area contributed by atoms with Gasteiger partial charge < -0.3 is 26.2 Å². The number of Topliss-reactive ketones (excluding diaryl/α,β-unsaturated/α-hetero) is 1. The first kappa shape index (κ1) is 39.5. The number of rotatable bonds is 15. The maximum Gasteiger partial charge on any atom is 0.315 e. The first-order valence-corrected chi connectivity index (χ1v) is 22.6. The van der Waals surface area contributed by atoms with Crippen molar-refractivity contribution in [3.05, 3.63) is 0 Å². The maximum atomic E-state index is 15.0. The van der Waals surface area contributed by atoms with Crippen molar-refractivity contribution in [3.8, 4) is 0 Å². The third-order valence-corrected chi connectivity index (χ3v) is 16.8. The maximum absolute atomic E-state index is 15.0. The monoisotopic (exact) mass is 772 g/mol. The fraction of sp³-hybridized carbons (Fsp3) is 0.875. The molecule has 7 fully saturated rings. The van der Waals surface area contributed by atoms with Gasteiger partial charge in [0.2, 0.25) is 27.6 Å². The molecular weight excluding hydrogens is 709 g/mol. The summed E-state index contributed by atoms with van der Waals surface area (Å²) < 4.78 is 28.9. The number of sulfonamides is 1. The summed E-state index contributed by atoms with van der Waals surface area (Å²) in [5.41, 5.74) is -1.70. The Hall–Kier alpha value is -2.74. The Bertz CT molecular complexity index is 1590. The topological polar surface area (TPSA) is 174 Å². The lowest BCUT2D eigenvalue weighted by molar-refractivity contribution is -0.146. The van der Waals surface area contributed by atoms with Crippen LogP contribution in [0.4, 0.5) is 4.79 Å². The highest BCUT2D eigenvalue weighted by molar-refractivity contribution is 7.89. The molecule has 0 aromatic rings. The second-order valence-electron chi connectivity index (χ2n) is 19.2. The minimum atomic E-state index is -3.65. The molecule has 5 amide bonds. The van der Waals surface area contributed by atoms with Crippen LogP contribution in [0.25, 0.3) is 0 Å². The molecule has 0 bridgehead atoms. The summed E-state index contributed by atoms with van der Waals surface area (Å²) in [6.07, 6.45) is 14.7. The molecule has 302 valence electrons. The third-order valence-electron chi connectivity index (χ3n) is 14.7. The van der Waals surface area contributed by atoms with Crippen LogP contribution in [0.1, 0.15) is 136 Å². The number of fused-ring (bicyclic) bond motifs is 1. The van der Waals surface area contributed by atoms with E-state index in [2.05, 4.69) is 35.1 Å². The van der Waals surface area contributed by atoms with E-state index in [9.17, 15) is 32.4 Å². The molecule has 7 rings (SSSR count). The number of amides is 5. The summed E-state index contributed by atoms with van der Waals surface area (Å²) in [5.74, 6) is -1.95. The second-order valence-corrected chi connectivity index (χ2v) is 21.2. The summed E-state index contributed by atoms with van der Waals surface area (Å²) in [6.45, 7) is 6.61. The minimum absolute atomic E-state index is 0.00140. The van der Waals surface area contributed by atoms with Gasteiger partial charge in [0.1, 0.15) is 12.1 Å². The first-order valence-electron chi connectivity index (χ1n) is 21.0. The fourth-order valence-electron chi connectivity index (χ4n) is 10.3. The Morgan fingerprint density at radius 1 is 0.815 bits per heavy atom. The normalized spacial score (nSPS) is 29.6. The van der Waals surface area contributed by atoms with Crippen molar-refractivity contribution in [2.45, 2.75) is 172 Å². The van der Waals surface area contributed by atoms with Gasteiger partial charge in [0.05, 0.1) is 17.3 Å². The highest BCUT2D eigenvalue weighted by Crippen LogP contribution is 2.65. The Kier molecular flexibility index (Phi) is 10.9. The molecule has 1 aliphatic heterocycles. The van der Waals surface area contributed by atoms with Crippen LogP contribution in [-0.4, -0.2) is 102 Å². The molecule has 13 nitrogen and oxygen atoms in total. The lowest BCUT2D eigenvalue weighted by Gasteiger charge is -2.44. The zero-order valence-electron chi connectivity index (χ0n) is 32.9. The molecule has 54 heavy (non-hydrogen) atoms. The van der Waals surface area contributed by atoms with Gasteiger partial charge >= 0.3 is 6.03 Å². The lowest BCUT2D eigenvalue weighted by atomic mass is 9.70. The van der Waals surface area contributed by atoms with Crippen molar-refractivity contribution in [2.24, 2.45) is 28.6 Å². The Morgan fingerprint density at radius 3 is 2.02 bits per heavy atom. The van der Waals surface area contributed by atoms with Crippen LogP contribution in [0.5, 0.6) is 0 Å². The largest absolute Gasteiger partial charge is 0.347 e. The Balaban J connectivity index is 1.11. The van der Waals surface area contributed by atoms with E-state index < -0.39 is 62.7 Å².